The zero-order chi connectivity index (χ0) is 12.4. The summed E-state index contributed by atoms with van der Waals surface area (Å²) in [6.45, 7) is 3.08. The topological polar surface area (TPSA) is 24.9 Å². The van der Waals surface area contributed by atoms with Crippen molar-refractivity contribution in [2.75, 3.05) is 5.32 Å². The number of aryl methyl sites for hydroxylation is 3. The van der Waals surface area contributed by atoms with Gasteiger partial charge >= 0.3 is 0 Å². The van der Waals surface area contributed by atoms with Crippen LogP contribution in [0.4, 0.5) is 5.82 Å². The van der Waals surface area contributed by atoms with Crippen molar-refractivity contribution in [3.8, 4) is 0 Å². The molecule has 0 radical (unpaired) electrons. The lowest BCUT2D eigenvalue weighted by Gasteiger charge is -2.06. The van der Waals surface area contributed by atoms with Crippen LogP contribution >= 0.6 is 11.3 Å². The minimum atomic E-state index is 0.885. The number of aromatic nitrogens is 1. The highest BCUT2D eigenvalue weighted by molar-refractivity contribution is 7.12. The number of pyridine rings is 1. The van der Waals surface area contributed by atoms with E-state index >= 15 is 0 Å². The number of nitrogens with one attached hydrogen (secondary N) is 1. The Morgan fingerprint density at radius 2 is 2.06 bits per heavy atom. The lowest BCUT2D eigenvalue weighted by molar-refractivity contribution is 0.899. The number of rotatable bonds is 4. The zero-order valence-electron chi connectivity index (χ0n) is 10.7. The molecule has 3 heteroatoms. The Morgan fingerprint density at radius 3 is 2.89 bits per heavy atom. The van der Waals surface area contributed by atoms with Crippen molar-refractivity contribution in [3.63, 3.8) is 0 Å². The fraction of sp³-hybridized carbons (Fsp3) is 0.400. The monoisotopic (exact) mass is 258 g/mol. The fourth-order valence-electron chi connectivity index (χ4n) is 2.40. The Kier molecular flexibility index (Phi) is 3.33. The molecule has 2 aromatic rings. The van der Waals surface area contributed by atoms with E-state index in [0.717, 1.165) is 25.2 Å². The van der Waals surface area contributed by atoms with E-state index in [9.17, 15) is 0 Å². The number of hydrogen-bond acceptors (Lipinski definition) is 3. The van der Waals surface area contributed by atoms with E-state index in [1.807, 2.05) is 11.3 Å². The molecule has 94 valence electrons. The molecule has 0 aromatic carbocycles. The smallest absolute Gasteiger partial charge is 0.126 e. The highest BCUT2D eigenvalue weighted by Crippen LogP contribution is 2.22. The zero-order valence-corrected chi connectivity index (χ0v) is 11.5. The molecule has 3 rings (SSSR count). The Hall–Kier alpha value is -1.35. The molecular formula is C15H18N2S. The first kappa shape index (κ1) is 11.7. The van der Waals surface area contributed by atoms with Crippen LogP contribution in [0.3, 0.4) is 0 Å². The molecule has 1 N–H and O–H groups in total. The van der Waals surface area contributed by atoms with Crippen LogP contribution in [-0.2, 0) is 25.8 Å². The van der Waals surface area contributed by atoms with E-state index in [4.69, 9.17) is 0 Å². The van der Waals surface area contributed by atoms with Crippen molar-refractivity contribution in [1.29, 1.82) is 0 Å². The summed E-state index contributed by atoms with van der Waals surface area (Å²) in [5, 5.41) is 3.43. The predicted molar refractivity (Wildman–Crippen MR) is 77.3 cm³/mol. The van der Waals surface area contributed by atoms with Crippen LogP contribution in [-0.4, -0.2) is 4.98 Å². The first-order valence-electron chi connectivity index (χ1n) is 6.65. The highest BCUT2D eigenvalue weighted by atomic mass is 32.1. The van der Waals surface area contributed by atoms with Crippen molar-refractivity contribution in [1.82, 2.24) is 4.98 Å². The minimum Gasteiger partial charge on any atom is -0.365 e. The molecule has 2 aromatic heterocycles. The van der Waals surface area contributed by atoms with Crippen LogP contribution in [0.15, 0.2) is 24.3 Å². The third-order valence-corrected chi connectivity index (χ3v) is 4.67. The molecule has 0 fully saturated rings. The van der Waals surface area contributed by atoms with E-state index in [0.29, 0.717) is 0 Å². The fourth-order valence-corrected chi connectivity index (χ4v) is 3.30. The van der Waals surface area contributed by atoms with Gasteiger partial charge in [-0.15, -0.1) is 11.3 Å². The SMILES string of the molecule is CCc1ccc(CNc2ccc3c(n2)CCC3)s1. The molecular weight excluding hydrogens is 240 g/mol. The molecule has 0 aliphatic heterocycles. The summed E-state index contributed by atoms with van der Waals surface area (Å²) in [6.07, 6.45) is 4.73. The second-order valence-corrected chi connectivity index (χ2v) is 5.98. The van der Waals surface area contributed by atoms with E-state index in [2.05, 4.69) is 41.5 Å². The quantitative estimate of drug-likeness (QED) is 0.902. The molecule has 2 nitrogen and oxygen atoms in total. The molecule has 0 saturated carbocycles. The van der Waals surface area contributed by atoms with Gasteiger partial charge in [-0.1, -0.05) is 13.0 Å². The van der Waals surface area contributed by atoms with E-state index < -0.39 is 0 Å². The van der Waals surface area contributed by atoms with Crippen molar-refractivity contribution < 1.29 is 0 Å². The summed E-state index contributed by atoms with van der Waals surface area (Å²) in [5.41, 5.74) is 2.73. The maximum Gasteiger partial charge on any atom is 0.126 e. The van der Waals surface area contributed by atoms with Crippen molar-refractivity contribution in [3.05, 3.63) is 45.3 Å². The van der Waals surface area contributed by atoms with E-state index in [-0.39, 0.29) is 0 Å². The average molecular weight is 258 g/mol. The molecule has 0 spiro atoms. The van der Waals surface area contributed by atoms with Gasteiger partial charge in [-0.05, 0) is 49.4 Å². The van der Waals surface area contributed by atoms with Crippen LogP contribution in [0.1, 0.15) is 34.4 Å². The minimum absolute atomic E-state index is 0.885. The molecule has 0 amide bonds. The van der Waals surface area contributed by atoms with Gasteiger partial charge in [-0.2, -0.15) is 0 Å². The third-order valence-electron chi connectivity index (χ3n) is 3.44. The average Bonchev–Trinajstić information content (AvgIpc) is 3.04. The van der Waals surface area contributed by atoms with Gasteiger partial charge in [0.1, 0.15) is 5.82 Å². The van der Waals surface area contributed by atoms with Crippen molar-refractivity contribution in [2.45, 2.75) is 39.2 Å². The summed E-state index contributed by atoms with van der Waals surface area (Å²) in [4.78, 5) is 7.52. The summed E-state index contributed by atoms with van der Waals surface area (Å²) >= 11 is 1.89. The van der Waals surface area contributed by atoms with E-state index in [1.165, 1.54) is 33.9 Å². The number of fused-ring (bicyclic) bond motifs is 1. The van der Waals surface area contributed by atoms with Gasteiger partial charge in [0.05, 0.1) is 6.54 Å². The molecule has 0 bridgehead atoms. The maximum atomic E-state index is 4.69. The predicted octanol–water partition coefficient (Wildman–Crippen LogP) is 3.81. The van der Waals surface area contributed by atoms with Gasteiger partial charge in [-0.3, -0.25) is 0 Å². The lowest BCUT2D eigenvalue weighted by Crippen LogP contribution is -2.01. The largest absolute Gasteiger partial charge is 0.365 e. The van der Waals surface area contributed by atoms with Crippen LogP contribution in [0, 0.1) is 0 Å². The summed E-state index contributed by atoms with van der Waals surface area (Å²) in [6, 6.07) is 8.77. The number of thiophene rings is 1. The van der Waals surface area contributed by atoms with Gasteiger partial charge in [-0.25, -0.2) is 4.98 Å². The summed E-state index contributed by atoms with van der Waals surface area (Å²) < 4.78 is 0. The lowest BCUT2D eigenvalue weighted by atomic mass is 10.2. The molecule has 0 unspecified atom stereocenters. The van der Waals surface area contributed by atoms with Gasteiger partial charge in [0.15, 0.2) is 0 Å². The van der Waals surface area contributed by atoms with Gasteiger partial charge in [0, 0.05) is 15.4 Å². The summed E-state index contributed by atoms with van der Waals surface area (Å²) in [5.74, 6) is 1.02. The normalized spacial score (nSPS) is 13.6. The number of hydrogen-bond donors (Lipinski definition) is 1. The molecule has 1 aliphatic carbocycles. The third kappa shape index (κ3) is 2.41. The van der Waals surface area contributed by atoms with Gasteiger partial charge in [0.25, 0.3) is 0 Å². The van der Waals surface area contributed by atoms with Crippen molar-refractivity contribution in [2.24, 2.45) is 0 Å². The molecule has 0 saturated heterocycles. The molecule has 2 heterocycles. The van der Waals surface area contributed by atoms with Crippen molar-refractivity contribution >= 4 is 17.2 Å². The van der Waals surface area contributed by atoms with Crippen LogP contribution in [0.25, 0.3) is 0 Å². The maximum absolute atomic E-state index is 4.69. The summed E-state index contributed by atoms with van der Waals surface area (Å²) in [7, 11) is 0. The standard InChI is InChI=1S/C15H18N2S/c1-2-12-7-8-13(18-12)10-16-15-9-6-11-4-3-5-14(11)17-15/h6-9H,2-5,10H2,1H3,(H,16,17). The highest BCUT2D eigenvalue weighted by Gasteiger charge is 2.12. The van der Waals surface area contributed by atoms with Crippen LogP contribution in [0.5, 0.6) is 0 Å². The van der Waals surface area contributed by atoms with E-state index in [1.54, 1.807) is 0 Å². The first-order valence-corrected chi connectivity index (χ1v) is 7.47. The first-order chi connectivity index (χ1) is 8.85. The Labute approximate surface area is 112 Å². The molecule has 18 heavy (non-hydrogen) atoms. The van der Waals surface area contributed by atoms with Crippen LogP contribution in [0.2, 0.25) is 0 Å². The molecule has 1 aliphatic rings. The Morgan fingerprint density at radius 1 is 1.17 bits per heavy atom. The second kappa shape index (κ2) is 5.11. The van der Waals surface area contributed by atoms with Gasteiger partial charge < -0.3 is 5.32 Å². The van der Waals surface area contributed by atoms with Gasteiger partial charge in [0.2, 0.25) is 0 Å². The number of anilines is 1. The number of nitrogens with zero attached hydrogens (tertiary/aromatic N) is 1. The Bertz CT molecular complexity index is 545. The Balaban J connectivity index is 1.66. The molecule has 0 atom stereocenters. The second-order valence-electron chi connectivity index (χ2n) is 4.73. The van der Waals surface area contributed by atoms with Crippen LogP contribution < -0.4 is 5.32 Å².